The molecule has 3 fully saturated rings. The number of hydrogen-bond acceptors (Lipinski definition) is 7. The molecular weight excluding hydrogens is 372 g/mol. The molecule has 2 bridgehead atoms. The fourth-order valence-electron chi connectivity index (χ4n) is 4.22. The molecule has 7 nitrogen and oxygen atoms in total. The first-order valence-electron chi connectivity index (χ1n) is 9.86. The standard InChI is InChI=1S/C22H24N2O5/c1-22(2)28-18-16-13-26-21(25)17(19(27-16)20(18)29-22)23-24(14-9-5-3-6-10-14)15-11-7-4-8-12-15/h3-12,16-20,23H,13H2,1-2H3/t16-,17-,18-,19+,20-/m1/s1. The minimum absolute atomic E-state index is 0.158. The minimum atomic E-state index is -0.743. The molecule has 3 aliphatic rings. The van der Waals surface area contributed by atoms with Gasteiger partial charge in [0.05, 0.1) is 11.4 Å². The van der Waals surface area contributed by atoms with Gasteiger partial charge < -0.3 is 18.9 Å². The van der Waals surface area contributed by atoms with E-state index in [2.05, 4.69) is 5.43 Å². The van der Waals surface area contributed by atoms with Crippen LogP contribution >= 0.6 is 0 Å². The van der Waals surface area contributed by atoms with Crippen LogP contribution in [0.2, 0.25) is 0 Å². The number of hydrazine groups is 1. The number of nitrogens with zero attached hydrogens (tertiary/aromatic N) is 1. The van der Waals surface area contributed by atoms with Crippen molar-refractivity contribution in [1.29, 1.82) is 0 Å². The van der Waals surface area contributed by atoms with Crippen LogP contribution in [-0.2, 0) is 23.7 Å². The first-order chi connectivity index (χ1) is 14.0. The van der Waals surface area contributed by atoms with Crippen LogP contribution in [-0.4, -0.2) is 48.8 Å². The highest BCUT2D eigenvalue weighted by Gasteiger charge is 2.60. The second-order valence-electron chi connectivity index (χ2n) is 7.95. The minimum Gasteiger partial charge on any atom is -0.462 e. The summed E-state index contributed by atoms with van der Waals surface area (Å²) in [6, 6.07) is 18.9. The van der Waals surface area contributed by atoms with E-state index in [1.54, 1.807) is 0 Å². The highest BCUT2D eigenvalue weighted by molar-refractivity contribution is 5.78. The van der Waals surface area contributed by atoms with Gasteiger partial charge in [0.2, 0.25) is 0 Å². The average Bonchev–Trinajstić information content (AvgIpc) is 3.15. The molecule has 3 saturated heterocycles. The van der Waals surface area contributed by atoms with E-state index in [1.807, 2.05) is 79.5 Å². The lowest BCUT2D eigenvalue weighted by molar-refractivity contribution is -0.187. The van der Waals surface area contributed by atoms with Gasteiger partial charge >= 0.3 is 5.97 Å². The Morgan fingerprint density at radius 1 is 0.897 bits per heavy atom. The largest absolute Gasteiger partial charge is 0.462 e. The maximum atomic E-state index is 12.9. The number of carbonyl (C=O) groups excluding carboxylic acids is 1. The fraction of sp³-hybridized carbons (Fsp3) is 0.409. The van der Waals surface area contributed by atoms with Crippen LogP contribution in [0, 0.1) is 0 Å². The molecule has 0 amide bonds. The molecule has 2 aromatic rings. The molecule has 2 aromatic carbocycles. The molecule has 5 atom stereocenters. The van der Waals surface area contributed by atoms with E-state index in [1.165, 1.54) is 0 Å². The molecule has 5 rings (SSSR count). The van der Waals surface area contributed by atoms with Crippen LogP contribution in [0.4, 0.5) is 11.4 Å². The number of benzene rings is 2. The van der Waals surface area contributed by atoms with Gasteiger partial charge in [0, 0.05) is 0 Å². The Labute approximate surface area is 169 Å². The summed E-state index contributed by atoms with van der Waals surface area (Å²) in [5, 5.41) is 1.88. The van der Waals surface area contributed by atoms with Gasteiger partial charge in [-0.2, -0.15) is 0 Å². The molecule has 152 valence electrons. The quantitative estimate of drug-likeness (QED) is 0.629. The molecule has 0 unspecified atom stereocenters. The Bertz CT molecular complexity index is 836. The summed E-state index contributed by atoms with van der Waals surface area (Å²) < 4.78 is 23.8. The summed E-state index contributed by atoms with van der Waals surface area (Å²) in [6.07, 6.45) is -1.44. The smallest absolute Gasteiger partial charge is 0.327 e. The van der Waals surface area contributed by atoms with Crippen molar-refractivity contribution in [2.24, 2.45) is 0 Å². The second kappa shape index (κ2) is 7.11. The first kappa shape index (κ1) is 18.6. The van der Waals surface area contributed by atoms with E-state index >= 15 is 0 Å². The second-order valence-corrected chi connectivity index (χ2v) is 7.95. The van der Waals surface area contributed by atoms with Crippen molar-refractivity contribution in [1.82, 2.24) is 5.43 Å². The monoisotopic (exact) mass is 396 g/mol. The molecule has 0 saturated carbocycles. The molecular formula is C22H24N2O5. The molecule has 3 aliphatic heterocycles. The number of nitrogens with one attached hydrogen (secondary N) is 1. The third-order valence-electron chi connectivity index (χ3n) is 5.46. The molecule has 0 aromatic heterocycles. The SMILES string of the molecule is CC1(C)O[C@H]2[C@H]3O[C@H](COC(=O)[C@@H]3NN(c3ccccc3)c3ccccc3)[C@H]2O1. The van der Waals surface area contributed by atoms with Crippen molar-refractivity contribution < 1.29 is 23.7 Å². The van der Waals surface area contributed by atoms with Crippen molar-refractivity contribution in [2.45, 2.75) is 50.1 Å². The Morgan fingerprint density at radius 2 is 1.48 bits per heavy atom. The number of hydrogen-bond donors (Lipinski definition) is 1. The van der Waals surface area contributed by atoms with Crippen molar-refractivity contribution in [3.63, 3.8) is 0 Å². The lowest BCUT2D eigenvalue weighted by Gasteiger charge is -2.33. The average molecular weight is 396 g/mol. The van der Waals surface area contributed by atoms with Crippen LogP contribution in [0.25, 0.3) is 0 Å². The zero-order valence-electron chi connectivity index (χ0n) is 16.4. The Balaban J connectivity index is 1.48. The van der Waals surface area contributed by atoms with E-state index < -0.39 is 17.9 Å². The van der Waals surface area contributed by atoms with Gasteiger partial charge in [-0.3, -0.25) is 9.80 Å². The predicted molar refractivity (Wildman–Crippen MR) is 105 cm³/mol. The Morgan fingerprint density at radius 3 is 2.10 bits per heavy atom. The zero-order valence-corrected chi connectivity index (χ0v) is 16.4. The summed E-state index contributed by atoms with van der Waals surface area (Å²) in [5.41, 5.74) is 5.13. The molecule has 0 aliphatic carbocycles. The highest BCUT2D eigenvalue weighted by Crippen LogP contribution is 2.41. The van der Waals surface area contributed by atoms with Crippen LogP contribution < -0.4 is 10.4 Å². The molecule has 29 heavy (non-hydrogen) atoms. The lowest BCUT2D eigenvalue weighted by atomic mass is 10.0. The lowest BCUT2D eigenvalue weighted by Crippen LogP contribution is -2.56. The third-order valence-corrected chi connectivity index (χ3v) is 5.46. The first-order valence-corrected chi connectivity index (χ1v) is 9.86. The van der Waals surface area contributed by atoms with Gasteiger partial charge in [0.1, 0.15) is 31.0 Å². The van der Waals surface area contributed by atoms with E-state index in [9.17, 15) is 4.79 Å². The van der Waals surface area contributed by atoms with E-state index in [-0.39, 0.29) is 30.9 Å². The third kappa shape index (κ3) is 3.40. The summed E-state index contributed by atoms with van der Waals surface area (Å²) in [6.45, 7) is 3.91. The van der Waals surface area contributed by atoms with Gasteiger partial charge in [-0.25, -0.2) is 5.43 Å². The maximum absolute atomic E-state index is 12.9. The predicted octanol–water partition coefficient (Wildman–Crippen LogP) is 2.54. The number of rotatable bonds is 4. The molecule has 7 heteroatoms. The normalized spacial score (nSPS) is 32.3. The maximum Gasteiger partial charge on any atom is 0.327 e. The van der Waals surface area contributed by atoms with Crippen molar-refractivity contribution in [3.05, 3.63) is 60.7 Å². The summed E-state index contributed by atoms with van der Waals surface area (Å²) >= 11 is 0. The number of cyclic esters (lactones) is 1. The van der Waals surface area contributed by atoms with E-state index in [4.69, 9.17) is 18.9 Å². The molecule has 0 radical (unpaired) electrons. The van der Waals surface area contributed by atoms with Crippen molar-refractivity contribution >= 4 is 17.3 Å². The van der Waals surface area contributed by atoms with Gasteiger partial charge in [-0.1, -0.05) is 36.4 Å². The number of para-hydroxylation sites is 2. The number of esters is 1. The summed E-state index contributed by atoms with van der Waals surface area (Å²) in [5.74, 6) is -1.08. The van der Waals surface area contributed by atoms with Crippen molar-refractivity contribution in [2.75, 3.05) is 11.6 Å². The molecule has 0 spiro atoms. The topological polar surface area (TPSA) is 69.3 Å². The number of ether oxygens (including phenoxy) is 4. The Hall–Kier alpha value is -2.45. The van der Waals surface area contributed by atoms with Crippen LogP contribution in [0.1, 0.15) is 13.8 Å². The number of anilines is 2. The van der Waals surface area contributed by atoms with Crippen molar-refractivity contribution in [3.8, 4) is 0 Å². The van der Waals surface area contributed by atoms with Gasteiger partial charge in [-0.05, 0) is 38.1 Å². The summed E-state index contributed by atoms with van der Waals surface area (Å²) in [7, 11) is 0. The molecule has 1 N–H and O–H groups in total. The van der Waals surface area contributed by atoms with Gasteiger partial charge in [-0.15, -0.1) is 0 Å². The number of carbonyl (C=O) groups is 1. The fourth-order valence-corrected chi connectivity index (χ4v) is 4.22. The van der Waals surface area contributed by atoms with E-state index in [0.29, 0.717) is 0 Å². The zero-order chi connectivity index (χ0) is 20.0. The highest BCUT2D eigenvalue weighted by atomic mass is 16.8. The Kier molecular flexibility index (Phi) is 4.55. The van der Waals surface area contributed by atoms with Gasteiger partial charge in [0.15, 0.2) is 11.8 Å². The number of fused-ring (bicyclic) bond motifs is 5. The van der Waals surface area contributed by atoms with E-state index in [0.717, 1.165) is 11.4 Å². The van der Waals surface area contributed by atoms with Crippen LogP contribution in [0.15, 0.2) is 60.7 Å². The van der Waals surface area contributed by atoms with Crippen LogP contribution in [0.5, 0.6) is 0 Å². The molecule has 3 heterocycles. The van der Waals surface area contributed by atoms with Gasteiger partial charge in [0.25, 0.3) is 0 Å². The van der Waals surface area contributed by atoms with Crippen LogP contribution in [0.3, 0.4) is 0 Å². The summed E-state index contributed by atoms with van der Waals surface area (Å²) in [4.78, 5) is 12.9.